The summed E-state index contributed by atoms with van der Waals surface area (Å²) < 4.78 is 43.3. The minimum Gasteiger partial charge on any atom is -0.462 e. The molecular formula is C15H19F3N2O2. The molecule has 0 fully saturated rings. The molecule has 1 rings (SSSR count). The van der Waals surface area contributed by atoms with Crippen molar-refractivity contribution in [1.29, 1.82) is 0 Å². The Morgan fingerprint density at radius 1 is 1.36 bits per heavy atom. The Balaban J connectivity index is 2.90. The molecule has 1 amide bonds. The maximum atomic E-state index is 12.7. The SMILES string of the molecule is CCCN=C(NC(=O)c1cccc(C(F)(F)F)c1)OC(C)C. The van der Waals surface area contributed by atoms with E-state index in [4.69, 9.17) is 4.74 Å². The summed E-state index contributed by atoms with van der Waals surface area (Å²) in [5.74, 6) is -0.693. The van der Waals surface area contributed by atoms with Crippen molar-refractivity contribution in [3.05, 3.63) is 35.4 Å². The van der Waals surface area contributed by atoms with E-state index in [1.165, 1.54) is 12.1 Å². The minimum atomic E-state index is -4.50. The average Bonchev–Trinajstić information content (AvgIpc) is 2.43. The molecular weight excluding hydrogens is 297 g/mol. The summed E-state index contributed by atoms with van der Waals surface area (Å²) in [5.41, 5.74) is -0.983. The van der Waals surface area contributed by atoms with Crippen molar-refractivity contribution >= 4 is 11.9 Å². The topological polar surface area (TPSA) is 50.7 Å². The van der Waals surface area contributed by atoms with Gasteiger partial charge in [-0.2, -0.15) is 13.2 Å². The first-order valence-corrected chi connectivity index (χ1v) is 6.93. The van der Waals surface area contributed by atoms with E-state index in [0.29, 0.717) is 6.54 Å². The maximum Gasteiger partial charge on any atom is 0.416 e. The van der Waals surface area contributed by atoms with Crippen LogP contribution in [0.4, 0.5) is 13.2 Å². The van der Waals surface area contributed by atoms with Crippen molar-refractivity contribution in [3.8, 4) is 0 Å². The zero-order chi connectivity index (χ0) is 16.8. The van der Waals surface area contributed by atoms with E-state index >= 15 is 0 Å². The average molecular weight is 316 g/mol. The Bertz CT molecular complexity index is 540. The molecule has 4 nitrogen and oxygen atoms in total. The van der Waals surface area contributed by atoms with Crippen LogP contribution in [0.1, 0.15) is 43.1 Å². The van der Waals surface area contributed by atoms with Crippen LogP contribution < -0.4 is 5.32 Å². The van der Waals surface area contributed by atoms with Gasteiger partial charge in [-0.1, -0.05) is 13.0 Å². The quantitative estimate of drug-likeness (QED) is 0.681. The van der Waals surface area contributed by atoms with Gasteiger partial charge in [-0.25, -0.2) is 4.99 Å². The van der Waals surface area contributed by atoms with Crippen LogP contribution in [0.3, 0.4) is 0 Å². The van der Waals surface area contributed by atoms with Crippen LogP contribution >= 0.6 is 0 Å². The number of hydrogen-bond acceptors (Lipinski definition) is 3. The van der Waals surface area contributed by atoms with E-state index in [1.54, 1.807) is 13.8 Å². The molecule has 1 aromatic rings. The van der Waals surface area contributed by atoms with Gasteiger partial charge in [-0.3, -0.25) is 10.1 Å². The van der Waals surface area contributed by atoms with Gasteiger partial charge in [-0.15, -0.1) is 0 Å². The number of nitrogens with zero attached hydrogens (tertiary/aromatic N) is 1. The van der Waals surface area contributed by atoms with Crippen LogP contribution in [0.2, 0.25) is 0 Å². The van der Waals surface area contributed by atoms with E-state index < -0.39 is 17.6 Å². The van der Waals surface area contributed by atoms with Crippen molar-refractivity contribution < 1.29 is 22.7 Å². The molecule has 1 aromatic carbocycles. The highest BCUT2D eigenvalue weighted by Crippen LogP contribution is 2.29. The molecule has 122 valence electrons. The predicted molar refractivity (Wildman–Crippen MR) is 77.7 cm³/mol. The van der Waals surface area contributed by atoms with Gasteiger partial charge in [0.1, 0.15) is 0 Å². The van der Waals surface area contributed by atoms with E-state index in [9.17, 15) is 18.0 Å². The molecule has 0 saturated heterocycles. The second-order valence-corrected chi connectivity index (χ2v) is 4.89. The first-order valence-electron chi connectivity index (χ1n) is 6.93. The zero-order valence-corrected chi connectivity index (χ0v) is 12.7. The summed E-state index contributed by atoms with van der Waals surface area (Å²) >= 11 is 0. The fraction of sp³-hybridized carbons (Fsp3) is 0.467. The lowest BCUT2D eigenvalue weighted by Gasteiger charge is -2.14. The summed E-state index contributed by atoms with van der Waals surface area (Å²) in [6.07, 6.45) is -3.95. The lowest BCUT2D eigenvalue weighted by Crippen LogP contribution is -2.34. The molecule has 0 atom stereocenters. The standard InChI is InChI=1S/C15H19F3N2O2/c1-4-8-19-14(22-10(2)3)20-13(21)11-6-5-7-12(9-11)15(16,17)18/h5-7,9-10H,4,8H2,1-3H3,(H,19,20,21). The number of alkyl halides is 3. The molecule has 0 heterocycles. The lowest BCUT2D eigenvalue weighted by molar-refractivity contribution is -0.137. The number of rotatable bonds is 4. The molecule has 0 aliphatic heterocycles. The van der Waals surface area contributed by atoms with Crippen LogP contribution in [0.25, 0.3) is 0 Å². The Hall–Kier alpha value is -2.05. The number of amidine groups is 1. The fourth-order valence-electron chi connectivity index (χ4n) is 1.55. The van der Waals surface area contributed by atoms with Crippen molar-refractivity contribution in [2.45, 2.75) is 39.5 Å². The Morgan fingerprint density at radius 3 is 2.59 bits per heavy atom. The monoisotopic (exact) mass is 316 g/mol. The van der Waals surface area contributed by atoms with Gasteiger partial charge < -0.3 is 4.74 Å². The molecule has 0 bridgehead atoms. The first kappa shape index (κ1) is 18.0. The minimum absolute atomic E-state index is 0.0132. The fourth-order valence-corrected chi connectivity index (χ4v) is 1.55. The Kier molecular flexibility index (Phi) is 6.39. The van der Waals surface area contributed by atoms with Crippen molar-refractivity contribution in [2.75, 3.05) is 6.54 Å². The van der Waals surface area contributed by atoms with Crippen LogP contribution in [0.15, 0.2) is 29.3 Å². The zero-order valence-electron chi connectivity index (χ0n) is 12.7. The van der Waals surface area contributed by atoms with Gasteiger partial charge in [0.25, 0.3) is 11.9 Å². The number of amides is 1. The summed E-state index contributed by atoms with van der Waals surface area (Å²) in [5, 5.41) is 2.40. The van der Waals surface area contributed by atoms with Gasteiger partial charge in [0.15, 0.2) is 0 Å². The molecule has 0 saturated carbocycles. The van der Waals surface area contributed by atoms with E-state index in [1.807, 2.05) is 6.92 Å². The normalized spacial score (nSPS) is 12.4. The second-order valence-electron chi connectivity index (χ2n) is 4.89. The van der Waals surface area contributed by atoms with Crippen LogP contribution in [0, 0.1) is 0 Å². The molecule has 1 N–H and O–H groups in total. The number of halogens is 3. The number of nitrogens with one attached hydrogen (secondary N) is 1. The van der Waals surface area contributed by atoms with Gasteiger partial charge in [0.05, 0.1) is 11.7 Å². The Labute approximate surface area is 127 Å². The lowest BCUT2D eigenvalue weighted by atomic mass is 10.1. The molecule has 0 aliphatic rings. The largest absolute Gasteiger partial charge is 0.462 e. The molecule has 22 heavy (non-hydrogen) atoms. The third-order valence-electron chi connectivity index (χ3n) is 2.50. The number of carbonyl (C=O) groups excluding carboxylic acids is 1. The number of carbonyl (C=O) groups is 1. The highest BCUT2D eigenvalue weighted by molar-refractivity contribution is 6.04. The van der Waals surface area contributed by atoms with E-state index in [2.05, 4.69) is 10.3 Å². The third-order valence-corrected chi connectivity index (χ3v) is 2.50. The molecule has 0 aromatic heterocycles. The molecule has 0 unspecified atom stereocenters. The van der Waals surface area contributed by atoms with Crippen molar-refractivity contribution in [2.24, 2.45) is 4.99 Å². The van der Waals surface area contributed by atoms with Crippen LogP contribution in [-0.2, 0) is 10.9 Å². The van der Waals surface area contributed by atoms with E-state index in [0.717, 1.165) is 18.6 Å². The number of benzene rings is 1. The summed E-state index contributed by atoms with van der Waals surface area (Å²) in [6.45, 7) is 5.88. The van der Waals surface area contributed by atoms with Gasteiger partial charge >= 0.3 is 6.18 Å². The second kappa shape index (κ2) is 7.82. The smallest absolute Gasteiger partial charge is 0.416 e. The van der Waals surface area contributed by atoms with Gasteiger partial charge in [0, 0.05) is 12.1 Å². The first-order chi connectivity index (χ1) is 10.2. The van der Waals surface area contributed by atoms with Gasteiger partial charge in [0.2, 0.25) is 0 Å². The maximum absolute atomic E-state index is 12.7. The number of aliphatic imine (C=N–C) groups is 1. The summed E-state index contributed by atoms with van der Waals surface area (Å²) in [6, 6.07) is 4.20. The Morgan fingerprint density at radius 2 is 2.05 bits per heavy atom. The van der Waals surface area contributed by atoms with Crippen molar-refractivity contribution in [1.82, 2.24) is 5.32 Å². The number of ether oxygens (including phenoxy) is 1. The van der Waals surface area contributed by atoms with E-state index in [-0.39, 0.29) is 17.7 Å². The summed E-state index contributed by atoms with van der Waals surface area (Å²) in [4.78, 5) is 16.1. The van der Waals surface area contributed by atoms with Crippen molar-refractivity contribution in [3.63, 3.8) is 0 Å². The third kappa shape index (κ3) is 5.75. The van der Waals surface area contributed by atoms with Crippen LogP contribution in [-0.4, -0.2) is 24.6 Å². The molecule has 0 aliphatic carbocycles. The summed E-state index contributed by atoms with van der Waals surface area (Å²) in [7, 11) is 0. The van der Waals surface area contributed by atoms with Gasteiger partial charge in [-0.05, 0) is 38.5 Å². The van der Waals surface area contributed by atoms with Crippen LogP contribution in [0.5, 0.6) is 0 Å². The number of hydrogen-bond donors (Lipinski definition) is 1. The molecule has 0 radical (unpaired) electrons. The molecule has 7 heteroatoms. The molecule has 0 spiro atoms. The highest BCUT2D eigenvalue weighted by atomic mass is 19.4. The predicted octanol–water partition coefficient (Wildman–Crippen LogP) is 3.63. The highest BCUT2D eigenvalue weighted by Gasteiger charge is 2.31.